The summed E-state index contributed by atoms with van der Waals surface area (Å²) in [4.78, 5) is 129. The fourth-order valence-electron chi connectivity index (χ4n) is 18.5. The first kappa shape index (κ1) is 116. The Bertz CT molecular complexity index is 4000. The minimum absolute atomic E-state index is 0.742. The number of aliphatic hydroxyl groups excluding tert-OH is 22. The van der Waals surface area contributed by atoms with E-state index in [4.69, 9.17) is 90.0 Å². The number of rotatable bonds is 38. The number of carbonyl (C=O) groups is 10. The predicted octanol–water partition coefficient (Wildman–Crippen LogP) is -21.4. The van der Waals surface area contributed by atoms with Gasteiger partial charge in [-0.05, 0) is 0 Å². The first-order valence-corrected chi connectivity index (χ1v) is 45.1. The highest BCUT2D eigenvalue weighted by Gasteiger charge is 2.63. The second-order valence-electron chi connectivity index (χ2n) is 35.3. The number of amides is 10. The molecule has 10 aliphatic heterocycles. The molecule has 0 aromatic carbocycles. The molecule has 10 saturated heterocycles. The van der Waals surface area contributed by atoms with Crippen LogP contribution in [0.1, 0.15) is 69.2 Å². The second-order valence-corrected chi connectivity index (χ2v) is 35.3. The Morgan fingerprint density at radius 3 is 0.418 bits per heavy atom. The van der Waals surface area contributed by atoms with E-state index < -0.39 is 432 Å². The van der Waals surface area contributed by atoms with Crippen molar-refractivity contribution in [3.05, 3.63) is 0 Å². The van der Waals surface area contributed by atoms with Gasteiger partial charge in [-0.3, -0.25) is 47.9 Å². The Morgan fingerprint density at radius 2 is 0.284 bits per heavy atom. The third kappa shape index (κ3) is 27.4. The van der Waals surface area contributed by atoms with E-state index in [0.29, 0.717) is 0 Å². The highest BCUT2D eigenvalue weighted by Crippen LogP contribution is 2.42. The molecular weight excluding hydrogens is 1920 g/mol. The maximum absolute atomic E-state index is 13.2. The lowest BCUT2D eigenvalue weighted by atomic mass is 9.92. The van der Waals surface area contributed by atoms with E-state index >= 15 is 0 Å². The van der Waals surface area contributed by atoms with E-state index in [1.807, 2.05) is 0 Å². The fraction of sp³-hybridized carbons (Fsp3) is 0.875. The van der Waals surface area contributed by atoms with E-state index in [1.165, 1.54) is 0 Å². The molecule has 50 atom stereocenters. The summed E-state index contributed by atoms with van der Waals surface area (Å²) in [5, 5.41) is 274. The number of hydrogen-bond donors (Lipinski definition) is 32. The van der Waals surface area contributed by atoms with Crippen molar-refractivity contribution >= 4 is 59.1 Å². The predicted molar refractivity (Wildman–Crippen MR) is 446 cm³/mol. The maximum Gasteiger partial charge on any atom is 0.217 e. The van der Waals surface area contributed by atoms with Gasteiger partial charge in [0.25, 0.3) is 0 Å². The Labute approximate surface area is 801 Å². The van der Waals surface area contributed by atoms with Crippen molar-refractivity contribution in [1.29, 1.82) is 0 Å². The standard InChI is InChI=1S/C80H132N10O51/c1-21(101)81-41-53(113)62(32(12-92)123-71(41)122)133-73-43(83-23(3)103)55(115)64(34(14-94)125-73)135-75-45(85-25(5)105)57(117)66(36(16-96)127-75)137-77-47(87-27(7)107)59(119)68(38(18-98)129-77)139-79-49(89-29(9)109)61(121)70(40(20-100)131-79)141-80-50(90-30(10)110)60(120)69(39(19-99)132-80)140-78-48(88-28(8)108)58(118)67(37(17-97)130-78)138-76-46(86-26(6)106)56(116)65(35(15-95)128-76)136-74-44(84-24(4)104)54(114)63(33(13-93)126-74)134-72-42(82-22(2)102)52(112)51(111)31(11-91)124-72/h31-80,91-100,111-122H,11-20H2,1-10H3,(H,81,101)(H,82,102)(H,83,103)(H,84,104)(H,85,105)(H,86,106)(H,87,107)(H,88,108)(H,89,109)(H,90,110)/t31-,32-,33-,34-,35-,36-,37-,38-,39-,40-,41-,42-,43-,44-,45-,46-,47-,48-,49-,50-,51+,52-,53-,54-,55-,56-,57-,58-,59-,60-,61-,62+,63+,64+,65+,66+,67+,68+,69+,70+,71+,72-,73-,74-,75-,76-,77-,78-,79-,80-/m1/s1. The molecule has 10 rings (SSSR count). The van der Waals surface area contributed by atoms with Crippen LogP contribution in [0.25, 0.3) is 0 Å². The van der Waals surface area contributed by atoms with Crippen molar-refractivity contribution in [2.45, 2.75) is 376 Å². The van der Waals surface area contributed by atoms with Crippen LogP contribution >= 0.6 is 0 Å². The zero-order valence-corrected chi connectivity index (χ0v) is 77.6. The van der Waals surface area contributed by atoms with Crippen LogP contribution in [0.15, 0.2) is 0 Å². The first-order chi connectivity index (χ1) is 66.6. The molecule has 808 valence electrons. The van der Waals surface area contributed by atoms with Crippen molar-refractivity contribution in [1.82, 2.24) is 53.2 Å². The number of hydrogen-bond acceptors (Lipinski definition) is 51. The minimum Gasteiger partial charge on any atom is -0.394 e. The molecule has 61 heteroatoms. The van der Waals surface area contributed by atoms with Crippen LogP contribution in [0.3, 0.4) is 0 Å². The molecule has 0 spiro atoms. The summed E-state index contributed by atoms with van der Waals surface area (Å²) in [7, 11) is 0. The van der Waals surface area contributed by atoms with Crippen LogP contribution in [-0.4, -0.2) is 544 Å². The molecule has 32 N–H and O–H groups in total. The first-order valence-electron chi connectivity index (χ1n) is 45.1. The van der Waals surface area contributed by atoms with E-state index in [2.05, 4.69) is 53.2 Å². The molecule has 10 heterocycles. The number of aliphatic hydroxyl groups is 22. The van der Waals surface area contributed by atoms with Crippen molar-refractivity contribution in [3.63, 3.8) is 0 Å². The molecule has 10 amide bonds. The minimum atomic E-state index is -2.23. The molecule has 10 fully saturated rings. The fourth-order valence-corrected chi connectivity index (χ4v) is 18.5. The summed E-state index contributed by atoms with van der Waals surface area (Å²) in [6, 6.07) is -18.2. The Kier molecular flexibility index (Phi) is 42.4. The normalized spacial score (nSPS) is 44.3. The zero-order chi connectivity index (χ0) is 104. The third-order valence-corrected chi connectivity index (χ3v) is 24.9. The molecular formula is C80H132N10O51. The van der Waals surface area contributed by atoms with Gasteiger partial charge in [0.2, 0.25) is 59.1 Å². The van der Waals surface area contributed by atoms with Gasteiger partial charge in [-0.15, -0.1) is 0 Å². The lowest BCUT2D eigenvalue weighted by Gasteiger charge is -2.52. The van der Waals surface area contributed by atoms with Gasteiger partial charge in [0, 0.05) is 69.2 Å². The van der Waals surface area contributed by atoms with Gasteiger partial charge in [-0.1, -0.05) is 0 Å². The quantitative estimate of drug-likeness (QED) is 0.0273. The summed E-state index contributed by atoms with van der Waals surface area (Å²) in [5.74, 6) is -8.85. The zero-order valence-electron chi connectivity index (χ0n) is 77.6. The summed E-state index contributed by atoms with van der Waals surface area (Å²) >= 11 is 0. The highest BCUT2D eigenvalue weighted by atomic mass is 16.8. The highest BCUT2D eigenvalue weighted by molar-refractivity contribution is 5.77. The number of nitrogens with one attached hydrogen (secondary N) is 10. The van der Waals surface area contributed by atoms with E-state index in [0.717, 1.165) is 69.2 Å². The molecule has 0 aromatic heterocycles. The van der Waals surface area contributed by atoms with Gasteiger partial charge >= 0.3 is 0 Å². The van der Waals surface area contributed by atoms with Gasteiger partial charge in [0.15, 0.2) is 62.9 Å². The summed E-state index contributed by atoms with van der Waals surface area (Å²) < 4.78 is 115. The van der Waals surface area contributed by atoms with Crippen molar-refractivity contribution in [3.8, 4) is 0 Å². The summed E-state index contributed by atoms with van der Waals surface area (Å²) in [6.45, 7) is -1.08. The Hall–Kier alpha value is -6.94. The lowest BCUT2D eigenvalue weighted by Crippen LogP contribution is -2.73. The molecule has 61 nitrogen and oxygen atoms in total. The smallest absolute Gasteiger partial charge is 0.217 e. The number of ether oxygens (including phenoxy) is 19. The van der Waals surface area contributed by atoms with Crippen molar-refractivity contribution in [2.75, 3.05) is 66.1 Å². The van der Waals surface area contributed by atoms with Gasteiger partial charge in [0.05, 0.1) is 66.1 Å². The largest absolute Gasteiger partial charge is 0.394 e. The van der Waals surface area contributed by atoms with E-state index in [9.17, 15) is 160 Å². The average molecular weight is 2050 g/mol. The molecule has 0 radical (unpaired) electrons. The molecule has 0 aliphatic carbocycles. The van der Waals surface area contributed by atoms with Crippen molar-refractivity contribution < 1.29 is 250 Å². The second kappa shape index (κ2) is 51.6. The van der Waals surface area contributed by atoms with Gasteiger partial charge in [-0.2, -0.15) is 0 Å². The van der Waals surface area contributed by atoms with E-state index in [-0.39, 0.29) is 0 Å². The van der Waals surface area contributed by atoms with Gasteiger partial charge in [0.1, 0.15) is 244 Å². The monoisotopic (exact) mass is 2050 g/mol. The van der Waals surface area contributed by atoms with Crippen LogP contribution in [-0.2, 0) is 138 Å². The molecule has 0 saturated carbocycles. The van der Waals surface area contributed by atoms with Crippen molar-refractivity contribution in [2.24, 2.45) is 0 Å². The van der Waals surface area contributed by atoms with Crippen LogP contribution in [0, 0.1) is 0 Å². The van der Waals surface area contributed by atoms with Crippen LogP contribution < -0.4 is 53.2 Å². The Morgan fingerprint density at radius 1 is 0.170 bits per heavy atom. The SMILES string of the molecule is CC(=O)N[C@@H]1[C@@H](O)[C@@H](O[C@H]2O[C@H](CO)[C@H](O[C@H]3O[C@H](CO)[C@H](O[C@H]4O[C@H](CO)[C@H](O[C@H]5O[C@H](CO)[C@H](O[C@H]6O[C@H](CO)[C@H](O[C@H]7O[C@H](CO)[C@H](O[C@H]8O[C@H](CO)[C@H](O[C@H]9O[C@H](CO)[C@H](O[C@H]%10O[C@H](CO)[C@H](O)[C@H](O)[C@H]%10NC(C)=O)[C@H](O)[C@H]9NC(C)=O)[C@H](O)[C@H]8NC(C)=O)[C@H](O)[C@H]7NC(C)=O)[C@H](O)[C@H]6NC(C)=O)[C@H](O)[C@H]5NC(C)=O)[C@H](O)[C@H]4NC(C)=O)[C@H](O)[C@H]3NC(C)=O)[C@H](O)[C@H]2NC(C)=O)[C@@H](CO)O[C@@H]1O. The molecule has 0 aromatic rings. The molecule has 0 bridgehead atoms. The van der Waals surface area contributed by atoms with Gasteiger partial charge in [-0.25, -0.2) is 0 Å². The topological polar surface area (TPSA) is 911 Å². The lowest BCUT2D eigenvalue weighted by molar-refractivity contribution is -0.375. The van der Waals surface area contributed by atoms with Crippen LogP contribution in [0.5, 0.6) is 0 Å². The average Bonchev–Trinajstić information content (AvgIpc) is 0.762. The third-order valence-electron chi connectivity index (χ3n) is 24.9. The van der Waals surface area contributed by atoms with Crippen LogP contribution in [0.4, 0.5) is 0 Å². The Balaban J connectivity index is 0.830. The molecule has 0 unspecified atom stereocenters. The van der Waals surface area contributed by atoms with Crippen LogP contribution in [0.2, 0.25) is 0 Å². The van der Waals surface area contributed by atoms with Gasteiger partial charge < -0.3 is 256 Å². The molecule has 10 aliphatic rings. The molecule has 141 heavy (non-hydrogen) atoms. The maximum atomic E-state index is 13.2. The van der Waals surface area contributed by atoms with E-state index in [1.54, 1.807) is 0 Å². The number of carbonyl (C=O) groups excluding carboxylic acids is 10. The summed E-state index contributed by atoms with van der Waals surface area (Å²) in [5.41, 5.74) is 0. The summed E-state index contributed by atoms with van der Waals surface area (Å²) in [6.07, 6.45) is -78.2.